The minimum absolute atomic E-state index is 0.0134. The zero-order valence-electron chi connectivity index (χ0n) is 43.7. The normalized spacial score (nSPS) is 18.7. The molecule has 0 aromatic carbocycles. The molecule has 0 aliphatic carbocycles. The minimum atomic E-state index is -4.48. The van der Waals surface area contributed by atoms with Crippen LogP contribution >= 0.6 is 7.82 Å². The minimum Gasteiger partial charge on any atom is -0.462 e. The Balaban J connectivity index is 4.67. The van der Waals surface area contributed by atoms with Crippen molar-refractivity contribution in [3.05, 3.63) is 48.6 Å². The van der Waals surface area contributed by atoms with E-state index in [1.165, 1.54) is 82.8 Å². The number of aliphatic hydroxyl groups is 1. The molecule has 0 aliphatic rings. The molecule has 1 unspecified atom stereocenters. The van der Waals surface area contributed by atoms with Crippen LogP contribution in [0.3, 0.4) is 0 Å². The Morgan fingerprint density at radius 2 is 1.35 bits per heavy atom. The van der Waals surface area contributed by atoms with Crippen molar-refractivity contribution in [2.24, 2.45) is 5.73 Å². The monoisotopic (exact) mass is 795 g/mol. The number of ether oxygens (including phenoxy) is 2. The van der Waals surface area contributed by atoms with Crippen LogP contribution in [0.1, 0.15) is 189 Å². The molecule has 0 amide bonds. The van der Waals surface area contributed by atoms with Crippen molar-refractivity contribution in [1.29, 1.82) is 0 Å². The van der Waals surface area contributed by atoms with Gasteiger partial charge in [0, 0.05) is 34.5 Å². The lowest BCUT2D eigenvalue weighted by molar-refractivity contribution is -0.161. The van der Waals surface area contributed by atoms with Crippen molar-refractivity contribution in [3.63, 3.8) is 0 Å². The molecule has 0 rings (SSSR count). The van der Waals surface area contributed by atoms with E-state index in [0.29, 0.717) is 32.1 Å². The smallest absolute Gasteiger partial charge is 0.462 e. The fraction of sp³-hybridized carbons (Fsp3) is 0.767. The third-order valence-corrected chi connectivity index (χ3v) is 9.01. The fourth-order valence-electron chi connectivity index (χ4n) is 5.09. The molecule has 0 aromatic heterocycles. The Morgan fingerprint density at radius 1 is 0.759 bits per heavy atom. The van der Waals surface area contributed by atoms with Crippen LogP contribution in [0.5, 0.6) is 0 Å². The van der Waals surface area contributed by atoms with Crippen molar-refractivity contribution in [1.82, 2.24) is 0 Å². The summed E-state index contributed by atoms with van der Waals surface area (Å²) in [5.41, 5.74) is 5.32. The molecular weight excluding hydrogens is 705 g/mol. The van der Waals surface area contributed by atoms with Gasteiger partial charge in [-0.3, -0.25) is 18.6 Å². The van der Waals surface area contributed by atoms with E-state index in [4.69, 9.17) is 39.3 Å². The highest BCUT2D eigenvalue weighted by Crippen LogP contribution is 2.43. The van der Waals surface area contributed by atoms with Gasteiger partial charge >= 0.3 is 19.8 Å². The number of carbonyl (C=O) groups is 2. The molecule has 0 aliphatic heterocycles. The van der Waals surface area contributed by atoms with Crippen LogP contribution in [0.2, 0.25) is 0 Å². The molecule has 11 heteroatoms. The van der Waals surface area contributed by atoms with E-state index in [9.17, 15) is 24.2 Å². The summed E-state index contributed by atoms with van der Waals surface area (Å²) in [6, 6.07) is 0. The third kappa shape index (κ3) is 38.2. The molecular formula is C43H78NO9P. The van der Waals surface area contributed by atoms with E-state index >= 15 is 0 Å². The maximum absolute atomic E-state index is 12.6. The van der Waals surface area contributed by atoms with Gasteiger partial charge in [0.1, 0.15) is 6.61 Å². The van der Waals surface area contributed by atoms with Crippen molar-refractivity contribution in [3.8, 4) is 0 Å². The fourth-order valence-corrected chi connectivity index (χ4v) is 5.85. The lowest BCUT2D eigenvalue weighted by Crippen LogP contribution is -2.29. The summed E-state index contributed by atoms with van der Waals surface area (Å²) in [5, 5.41) is 10.3. The average Bonchev–Trinajstić information content (AvgIpc) is 3.23. The second kappa shape index (κ2) is 39.2. The van der Waals surface area contributed by atoms with Crippen LogP contribution < -0.4 is 5.73 Å². The lowest BCUT2D eigenvalue weighted by Gasteiger charge is -2.19. The highest BCUT2D eigenvalue weighted by molar-refractivity contribution is 7.47. The van der Waals surface area contributed by atoms with Crippen LogP contribution in [-0.4, -0.2) is 60.5 Å². The number of carbonyl (C=O) groups excluding carboxylic acids is 2. The van der Waals surface area contributed by atoms with Gasteiger partial charge in [-0.05, 0) is 38.5 Å². The predicted molar refractivity (Wildman–Crippen MR) is 221 cm³/mol. The average molecular weight is 795 g/mol. The maximum Gasteiger partial charge on any atom is 0.472 e. The Bertz CT molecular complexity index is 1480. The molecule has 10 nitrogen and oxygen atoms in total. The summed E-state index contributed by atoms with van der Waals surface area (Å²) >= 11 is 0. The quantitative estimate of drug-likeness (QED) is 0.0180. The first-order valence-electron chi connectivity index (χ1n) is 25.4. The number of unbranched alkanes of at least 4 members (excludes halogenated alkanes) is 15. The molecule has 0 aromatic rings. The van der Waals surface area contributed by atoms with Gasteiger partial charge in [0.2, 0.25) is 0 Å². The van der Waals surface area contributed by atoms with E-state index in [0.717, 1.165) is 25.3 Å². The number of hydrogen-bond acceptors (Lipinski definition) is 9. The zero-order valence-corrected chi connectivity index (χ0v) is 33.6. The number of phosphoric ester groups is 1. The number of phosphoric acid groups is 1. The van der Waals surface area contributed by atoms with Gasteiger partial charge in [-0.15, -0.1) is 0 Å². The molecule has 0 heterocycles. The molecule has 0 saturated heterocycles. The zero-order chi connectivity index (χ0) is 49.5. The molecule has 54 heavy (non-hydrogen) atoms. The van der Waals surface area contributed by atoms with Crippen molar-refractivity contribution < 1.29 is 57.8 Å². The van der Waals surface area contributed by atoms with E-state index in [1.807, 2.05) is 24.3 Å². The summed E-state index contributed by atoms with van der Waals surface area (Å²) < 4.78 is 117. The summed E-state index contributed by atoms with van der Waals surface area (Å²) in [6.07, 6.45) is 14.7. The van der Waals surface area contributed by atoms with Gasteiger partial charge in [-0.1, -0.05) is 171 Å². The first kappa shape index (κ1) is 35.1. The van der Waals surface area contributed by atoms with Gasteiger partial charge < -0.3 is 25.2 Å². The number of hydrogen-bond donors (Lipinski definition) is 3. The topological polar surface area (TPSA) is 155 Å². The van der Waals surface area contributed by atoms with E-state index in [-0.39, 0.29) is 32.6 Å². The first-order valence-corrected chi connectivity index (χ1v) is 21.4. The number of esters is 2. The summed E-state index contributed by atoms with van der Waals surface area (Å²) in [7, 11) is -4.48. The highest BCUT2D eigenvalue weighted by atomic mass is 31.2. The number of aliphatic hydroxyl groups excluding tert-OH is 1. The molecule has 0 bridgehead atoms. The SMILES string of the molecule is [2H]C([2H])([2H])C([2H])([2H])C([2H])([2H])C([2H])([2H])C([2H])([2H])[C@H](O)/C=C/C=C\C/C=C\C/C=C\CCCC(=O)O[C@H](COC(=O)CCCCCCCCCCCCCCCCC)COP(=O)(O)OCCN. The standard InChI is InChI=1S/C43H78NO9P/c1-3-5-7-8-9-10-11-12-13-14-17-20-23-26-30-34-42(46)50-38-41(39-52-54(48,49)51-37-36-44)53-43(47)35-31-27-24-21-18-15-16-19-22-25-29-33-40(45)32-28-6-4-2/h15-16,21-22,24-25,29,33,40-41,45H,3-14,17-20,23,26-28,30-32,34-39,44H2,1-2H3,(H,48,49)/b16-15-,24-21-,25-22-,33-29+/t40-,41+/m0/s1/i2D3,4D2,6D2,28D2,32D2. The predicted octanol–water partition coefficient (Wildman–Crippen LogP) is 10.9. The Hall–Kier alpha value is -2.07. The second-order valence-electron chi connectivity index (χ2n) is 13.0. The molecule has 0 spiro atoms. The van der Waals surface area contributed by atoms with Gasteiger partial charge in [-0.25, -0.2) is 4.57 Å². The largest absolute Gasteiger partial charge is 0.472 e. The van der Waals surface area contributed by atoms with Gasteiger partial charge in [0.25, 0.3) is 0 Å². The highest BCUT2D eigenvalue weighted by Gasteiger charge is 2.25. The third-order valence-electron chi connectivity index (χ3n) is 8.02. The number of allylic oxidation sites excluding steroid dienone is 7. The molecule has 0 fully saturated rings. The molecule has 3 atom stereocenters. The van der Waals surface area contributed by atoms with Crippen LogP contribution in [0.15, 0.2) is 48.6 Å². The van der Waals surface area contributed by atoms with E-state index in [2.05, 4.69) is 6.92 Å². The van der Waals surface area contributed by atoms with Crippen LogP contribution in [0.4, 0.5) is 0 Å². The Morgan fingerprint density at radius 3 is 1.98 bits per heavy atom. The van der Waals surface area contributed by atoms with E-state index < -0.39 is 70.9 Å². The van der Waals surface area contributed by atoms with Crippen molar-refractivity contribution in [2.75, 3.05) is 26.4 Å². The second-order valence-corrected chi connectivity index (χ2v) is 14.4. The summed E-state index contributed by atoms with van der Waals surface area (Å²) in [5.74, 6) is -1.08. The first-order chi connectivity index (χ1) is 30.4. The van der Waals surface area contributed by atoms with Crippen molar-refractivity contribution in [2.45, 2.75) is 186 Å². The van der Waals surface area contributed by atoms with Crippen molar-refractivity contribution >= 4 is 19.8 Å². The lowest BCUT2D eigenvalue weighted by atomic mass is 10.0. The van der Waals surface area contributed by atoms with Gasteiger partial charge in [0.15, 0.2) is 6.10 Å². The molecule has 0 radical (unpaired) electrons. The molecule has 0 saturated carbocycles. The summed E-state index contributed by atoms with van der Waals surface area (Å²) in [6.45, 7) is -2.50. The van der Waals surface area contributed by atoms with E-state index in [1.54, 1.807) is 6.08 Å². The van der Waals surface area contributed by atoms with Crippen LogP contribution in [-0.2, 0) is 32.7 Å². The maximum atomic E-state index is 12.6. The van der Waals surface area contributed by atoms with Gasteiger partial charge in [0.05, 0.1) is 19.3 Å². The van der Waals surface area contributed by atoms with Crippen LogP contribution in [0.25, 0.3) is 0 Å². The van der Waals surface area contributed by atoms with Crippen LogP contribution in [0, 0.1) is 0 Å². The Kier molecular flexibility index (Phi) is 25.5. The Labute approximate surface area is 344 Å². The van der Waals surface area contributed by atoms with Gasteiger partial charge in [-0.2, -0.15) is 0 Å². The summed E-state index contributed by atoms with van der Waals surface area (Å²) in [4.78, 5) is 34.9. The number of nitrogens with two attached hydrogens (primary N) is 1. The molecule has 4 N–H and O–H groups in total. The number of rotatable bonds is 39. The molecule has 314 valence electrons.